The fraction of sp³-hybridized carbons (Fsp3) is 0.636. The number of halogens is 3. The fourth-order valence-corrected chi connectivity index (χ4v) is 2.81. The van der Waals surface area contributed by atoms with Crippen LogP contribution in [0.5, 0.6) is 0 Å². The summed E-state index contributed by atoms with van der Waals surface area (Å²) in [6.45, 7) is 1.68. The van der Waals surface area contributed by atoms with Crippen molar-refractivity contribution in [2.75, 3.05) is 6.54 Å². The number of aryl methyl sites for hydroxylation is 1. The Kier molecular flexibility index (Phi) is 5.60. The summed E-state index contributed by atoms with van der Waals surface area (Å²) in [5, 5.41) is 9.07. The highest BCUT2D eigenvalue weighted by Gasteiger charge is 2.26. The summed E-state index contributed by atoms with van der Waals surface area (Å²) in [6, 6.07) is 1.30. The quantitative estimate of drug-likeness (QED) is 0.751. The van der Waals surface area contributed by atoms with Gasteiger partial charge >= 0.3 is 6.18 Å². The molecule has 0 bridgehead atoms. The lowest BCUT2D eigenvalue weighted by Gasteiger charge is -2.07. The van der Waals surface area contributed by atoms with Gasteiger partial charge in [0.05, 0.1) is 11.5 Å². The molecule has 0 amide bonds. The van der Waals surface area contributed by atoms with E-state index in [1.807, 2.05) is 0 Å². The van der Waals surface area contributed by atoms with E-state index < -0.39 is 22.6 Å². The molecule has 20 heavy (non-hydrogen) atoms. The van der Waals surface area contributed by atoms with E-state index in [1.54, 1.807) is 11.5 Å². The van der Waals surface area contributed by atoms with Crippen LogP contribution in [0.1, 0.15) is 25.5 Å². The number of hydrogen-bond acceptors (Lipinski definition) is 3. The van der Waals surface area contributed by atoms with Gasteiger partial charge in [-0.3, -0.25) is 0 Å². The van der Waals surface area contributed by atoms with Gasteiger partial charge in [0.1, 0.15) is 0 Å². The molecule has 2 N–H and O–H groups in total. The van der Waals surface area contributed by atoms with Crippen molar-refractivity contribution in [2.24, 2.45) is 0 Å². The van der Waals surface area contributed by atoms with Crippen LogP contribution in [0.4, 0.5) is 13.2 Å². The number of aromatic nitrogens is 1. The van der Waals surface area contributed by atoms with Crippen LogP contribution in [-0.4, -0.2) is 30.8 Å². The second-order valence-electron chi connectivity index (χ2n) is 4.23. The second-order valence-corrected chi connectivity index (χ2v) is 5.99. The minimum atomic E-state index is -4.29. The molecule has 116 valence electrons. The zero-order valence-corrected chi connectivity index (χ0v) is 11.8. The second kappa shape index (κ2) is 6.59. The number of nitrogens with one attached hydrogen (secondary N) is 1. The van der Waals surface area contributed by atoms with Crippen molar-refractivity contribution < 1.29 is 26.7 Å². The molecule has 0 aliphatic carbocycles. The molecular weight excluding hydrogens is 297 g/mol. The molecule has 0 fully saturated rings. The Morgan fingerprint density at radius 2 is 2.05 bits per heavy atom. The number of alkyl halides is 3. The first-order valence-electron chi connectivity index (χ1n) is 6.06. The van der Waals surface area contributed by atoms with Gasteiger partial charge in [0.15, 0.2) is 0 Å². The largest absolute Gasteiger partial charge is 0.390 e. The van der Waals surface area contributed by atoms with Gasteiger partial charge < -0.3 is 9.67 Å². The van der Waals surface area contributed by atoms with Crippen molar-refractivity contribution in [3.05, 3.63) is 18.0 Å². The molecular formula is C11H17F3N2O3S. The van der Waals surface area contributed by atoms with E-state index in [2.05, 4.69) is 4.72 Å². The van der Waals surface area contributed by atoms with E-state index >= 15 is 0 Å². The Morgan fingerprint density at radius 1 is 1.40 bits per heavy atom. The zero-order chi connectivity index (χ0) is 15.4. The van der Waals surface area contributed by atoms with E-state index in [1.165, 1.54) is 12.3 Å². The van der Waals surface area contributed by atoms with E-state index in [4.69, 9.17) is 5.11 Å². The highest BCUT2D eigenvalue weighted by molar-refractivity contribution is 7.89. The first kappa shape index (κ1) is 17.0. The molecule has 0 saturated carbocycles. The van der Waals surface area contributed by atoms with E-state index in [0.717, 1.165) is 0 Å². The fourth-order valence-electron chi connectivity index (χ4n) is 1.68. The Labute approximate surface area is 115 Å². The molecule has 1 heterocycles. The van der Waals surface area contributed by atoms with E-state index in [-0.39, 0.29) is 24.5 Å². The van der Waals surface area contributed by atoms with Crippen LogP contribution in [0.25, 0.3) is 0 Å². The molecule has 1 rings (SSSR count). The molecule has 9 heteroatoms. The summed E-state index contributed by atoms with van der Waals surface area (Å²) in [7, 11) is -3.85. The number of sulfonamides is 1. The van der Waals surface area contributed by atoms with Gasteiger partial charge in [-0.05, 0) is 19.4 Å². The lowest BCUT2D eigenvalue weighted by atomic mass is 10.3. The van der Waals surface area contributed by atoms with Crippen molar-refractivity contribution >= 4 is 10.0 Å². The van der Waals surface area contributed by atoms with Crippen molar-refractivity contribution in [3.8, 4) is 0 Å². The summed E-state index contributed by atoms with van der Waals surface area (Å²) in [6.07, 6.45) is -4.30. The summed E-state index contributed by atoms with van der Waals surface area (Å²) < 4.78 is 63.2. The highest BCUT2D eigenvalue weighted by atomic mass is 32.2. The van der Waals surface area contributed by atoms with Crippen LogP contribution in [0, 0.1) is 0 Å². The van der Waals surface area contributed by atoms with Crippen molar-refractivity contribution in [3.63, 3.8) is 0 Å². The lowest BCUT2D eigenvalue weighted by molar-refractivity contribution is -0.135. The number of nitrogens with zero attached hydrogens (tertiary/aromatic N) is 1. The standard InChI is InChI=1S/C11H17F3N2O3S/c1-2-16-7-10(6-9(16)8-17)20(18,19)15-5-3-4-11(12,13)14/h6-7,15,17H,2-5,8H2,1H3. The van der Waals surface area contributed by atoms with Gasteiger partial charge in [0.2, 0.25) is 10.0 Å². The van der Waals surface area contributed by atoms with Crippen LogP contribution in [0.3, 0.4) is 0 Å². The molecule has 0 unspecified atom stereocenters. The molecule has 1 aromatic heterocycles. The summed E-state index contributed by atoms with van der Waals surface area (Å²) in [4.78, 5) is -0.0598. The number of aliphatic hydroxyl groups is 1. The first-order chi connectivity index (χ1) is 9.19. The summed E-state index contributed by atoms with van der Waals surface area (Å²) in [5.41, 5.74) is 0.433. The van der Waals surface area contributed by atoms with Crippen LogP contribution < -0.4 is 4.72 Å². The molecule has 0 atom stereocenters. The minimum Gasteiger partial charge on any atom is -0.390 e. The van der Waals surface area contributed by atoms with Gasteiger partial charge in [-0.15, -0.1) is 0 Å². The van der Waals surface area contributed by atoms with Gasteiger partial charge in [0, 0.05) is 31.4 Å². The maximum Gasteiger partial charge on any atom is 0.389 e. The summed E-state index contributed by atoms with van der Waals surface area (Å²) in [5.74, 6) is 0. The predicted octanol–water partition coefficient (Wildman–Crippen LogP) is 1.62. The van der Waals surface area contributed by atoms with Crippen LogP contribution >= 0.6 is 0 Å². The Hall–Kier alpha value is -1.06. The Bertz CT molecular complexity index is 516. The maximum absolute atomic E-state index is 11.9. The molecule has 0 aliphatic rings. The summed E-state index contributed by atoms with van der Waals surface area (Å²) >= 11 is 0. The first-order valence-corrected chi connectivity index (χ1v) is 7.54. The van der Waals surface area contributed by atoms with Gasteiger partial charge in [-0.1, -0.05) is 0 Å². The molecule has 5 nitrogen and oxygen atoms in total. The number of aliphatic hydroxyl groups excluding tert-OH is 1. The number of rotatable bonds is 7. The number of hydrogen-bond donors (Lipinski definition) is 2. The molecule has 0 spiro atoms. The molecule has 0 radical (unpaired) electrons. The Balaban J connectivity index is 2.67. The van der Waals surface area contributed by atoms with Crippen LogP contribution in [0.15, 0.2) is 17.2 Å². The van der Waals surface area contributed by atoms with Gasteiger partial charge in [-0.25, -0.2) is 13.1 Å². The van der Waals surface area contributed by atoms with Gasteiger partial charge in [0.25, 0.3) is 0 Å². The third-order valence-electron chi connectivity index (χ3n) is 2.70. The predicted molar refractivity (Wildman–Crippen MR) is 66.5 cm³/mol. The minimum absolute atomic E-state index is 0.0598. The lowest BCUT2D eigenvalue weighted by Crippen LogP contribution is -2.25. The van der Waals surface area contributed by atoms with E-state index in [9.17, 15) is 21.6 Å². The van der Waals surface area contributed by atoms with Crippen molar-refractivity contribution in [2.45, 2.75) is 44.0 Å². The van der Waals surface area contributed by atoms with Crippen molar-refractivity contribution in [1.82, 2.24) is 9.29 Å². The molecule has 0 saturated heterocycles. The van der Waals surface area contributed by atoms with Crippen LogP contribution in [0.2, 0.25) is 0 Å². The third kappa shape index (κ3) is 4.80. The van der Waals surface area contributed by atoms with E-state index in [0.29, 0.717) is 12.2 Å². The smallest absolute Gasteiger partial charge is 0.389 e. The topological polar surface area (TPSA) is 71.3 Å². The maximum atomic E-state index is 11.9. The SMILES string of the molecule is CCn1cc(S(=O)(=O)NCCCC(F)(F)F)cc1CO. The van der Waals surface area contributed by atoms with Crippen molar-refractivity contribution in [1.29, 1.82) is 0 Å². The third-order valence-corrected chi connectivity index (χ3v) is 4.13. The molecule has 0 aliphatic heterocycles. The molecule has 1 aromatic rings. The van der Waals surface area contributed by atoms with Gasteiger partial charge in [-0.2, -0.15) is 13.2 Å². The molecule has 0 aromatic carbocycles. The highest BCUT2D eigenvalue weighted by Crippen LogP contribution is 2.21. The van der Waals surface area contributed by atoms with Crippen LogP contribution in [-0.2, 0) is 23.2 Å². The average Bonchev–Trinajstić information content (AvgIpc) is 2.77. The average molecular weight is 314 g/mol. The Morgan fingerprint density at radius 3 is 2.50 bits per heavy atom. The monoisotopic (exact) mass is 314 g/mol. The zero-order valence-electron chi connectivity index (χ0n) is 10.9. The normalized spacial score (nSPS) is 12.8.